The summed E-state index contributed by atoms with van der Waals surface area (Å²) in [5.74, 6) is 1.41. The Morgan fingerprint density at radius 2 is 2.00 bits per heavy atom. The highest BCUT2D eigenvalue weighted by Crippen LogP contribution is 2.17. The second-order valence-corrected chi connectivity index (χ2v) is 5.39. The van der Waals surface area contributed by atoms with Crippen molar-refractivity contribution >= 4 is 11.0 Å². The fourth-order valence-corrected chi connectivity index (χ4v) is 2.65. The highest BCUT2D eigenvalue weighted by atomic mass is 16.5. The van der Waals surface area contributed by atoms with Crippen LogP contribution >= 0.6 is 0 Å². The summed E-state index contributed by atoms with van der Waals surface area (Å²) >= 11 is 0. The number of imidazole rings is 1. The van der Waals surface area contributed by atoms with Gasteiger partial charge in [0.25, 0.3) is 0 Å². The first-order chi connectivity index (χ1) is 9.04. The van der Waals surface area contributed by atoms with E-state index in [2.05, 4.69) is 29.5 Å². The van der Waals surface area contributed by atoms with Gasteiger partial charge < -0.3 is 15.0 Å². The van der Waals surface area contributed by atoms with E-state index in [1.807, 2.05) is 25.2 Å². The number of nitrogens with zero attached hydrogens (tertiary/aromatic N) is 2. The lowest BCUT2D eigenvalue weighted by Crippen LogP contribution is -2.41. The summed E-state index contributed by atoms with van der Waals surface area (Å²) in [4.78, 5) is 4.66. The first-order valence-electron chi connectivity index (χ1n) is 6.73. The molecule has 0 aliphatic carbocycles. The van der Waals surface area contributed by atoms with Crippen LogP contribution in [-0.4, -0.2) is 28.8 Å². The molecule has 0 saturated heterocycles. The van der Waals surface area contributed by atoms with Gasteiger partial charge in [0.05, 0.1) is 17.1 Å². The number of nitrogens with two attached hydrogens (primary N) is 1. The van der Waals surface area contributed by atoms with Crippen LogP contribution in [0.25, 0.3) is 11.0 Å². The molecule has 2 rings (SSSR count). The minimum absolute atomic E-state index is 0.0412. The van der Waals surface area contributed by atoms with Crippen LogP contribution in [0.3, 0.4) is 0 Å². The highest BCUT2D eigenvalue weighted by Gasteiger charge is 2.23. The molecule has 1 aromatic carbocycles. The van der Waals surface area contributed by atoms with Crippen molar-refractivity contribution in [2.75, 3.05) is 7.11 Å². The van der Waals surface area contributed by atoms with Crippen molar-refractivity contribution in [3.8, 4) is 0 Å². The van der Waals surface area contributed by atoms with Crippen LogP contribution in [0, 0.1) is 5.92 Å². The van der Waals surface area contributed by atoms with Gasteiger partial charge in [-0.1, -0.05) is 26.0 Å². The normalized spacial score (nSPS) is 15.1. The largest absolute Gasteiger partial charge is 0.380 e. The summed E-state index contributed by atoms with van der Waals surface area (Å²) in [5.41, 5.74) is 8.43. The van der Waals surface area contributed by atoms with Crippen LogP contribution in [0.2, 0.25) is 0 Å². The van der Waals surface area contributed by atoms with E-state index in [0.29, 0.717) is 5.92 Å². The number of aromatic nitrogens is 2. The fourth-order valence-electron chi connectivity index (χ4n) is 2.65. The molecular formula is C15H23N3O. The molecule has 104 valence electrons. The molecule has 1 heterocycles. The number of fused-ring (bicyclic) bond motifs is 1. The topological polar surface area (TPSA) is 53.1 Å². The van der Waals surface area contributed by atoms with Crippen LogP contribution in [0.1, 0.15) is 19.7 Å². The van der Waals surface area contributed by atoms with E-state index in [9.17, 15) is 0 Å². The monoisotopic (exact) mass is 261 g/mol. The van der Waals surface area contributed by atoms with E-state index >= 15 is 0 Å². The number of ether oxygens (including phenoxy) is 1. The maximum absolute atomic E-state index is 6.27. The van der Waals surface area contributed by atoms with Crippen molar-refractivity contribution in [3.05, 3.63) is 30.1 Å². The van der Waals surface area contributed by atoms with Gasteiger partial charge in [-0.2, -0.15) is 0 Å². The SMILES string of the molecule is COC(C(C)C)C(N)Cc1nc2ccccc2n1C. The van der Waals surface area contributed by atoms with E-state index in [1.54, 1.807) is 7.11 Å². The molecule has 0 spiro atoms. The average Bonchev–Trinajstić information content (AvgIpc) is 2.67. The third-order valence-corrected chi connectivity index (χ3v) is 3.65. The summed E-state index contributed by atoms with van der Waals surface area (Å²) in [6, 6.07) is 8.10. The average molecular weight is 261 g/mol. The zero-order chi connectivity index (χ0) is 14.0. The van der Waals surface area contributed by atoms with Crippen molar-refractivity contribution < 1.29 is 4.74 Å². The minimum atomic E-state index is -0.0412. The predicted molar refractivity (Wildman–Crippen MR) is 78.0 cm³/mol. The molecule has 0 radical (unpaired) electrons. The molecule has 0 amide bonds. The van der Waals surface area contributed by atoms with E-state index < -0.39 is 0 Å². The van der Waals surface area contributed by atoms with Crippen LogP contribution < -0.4 is 5.73 Å². The molecule has 2 unspecified atom stereocenters. The van der Waals surface area contributed by atoms with Crippen LogP contribution in [0.15, 0.2) is 24.3 Å². The van der Waals surface area contributed by atoms with Crippen molar-refractivity contribution in [1.29, 1.82) is 0 Å². The predicted octanol–water partition coefficient (Wildman–Crippen LogP) is 2.11. The number of hydrogen-bond donors (Lipinski definition) is 1. The Balaban J connectivity index is 2.23. The Morgan fingerprint density at radius 1 is 1.32 bits per heavy atom. The van der Waals surface area contributed by atoms with Crippen LogP contribution in [-0.2, 0) is 18.2 Å². The standard InChI is InChI=1S/C15H23N3O/c1-10(2)15(19-4)11(16)9-14-17-12-7-5-6-8-13(12)18(14)3/h5-8,10-11,15H,9,16H2,1-4H3. The van der Waals surface area contributed by atoms with Crippen LogP contribution in [0.5, 0.6) is 0 Å². The number of para-hydroxylation sites is 2. The third-order valence-electron chi connectivity index (χ3n) is 3.65. The number of rotatable bonds is 5. The summed E-state index contributed by atoms with van der Waals surface area (Å²) in [6.07, 6.45) is 0.779. The van der Waals surface area contributed by atoms with Gasteiger partial charge in [0.15, 0.2) is 0 Å². The lowest BCUT2D eigenvalue weighted by Gasteiger charge is -2.25. The molecule has 0 aliphatic rings. The van der Waals surface area contributed by atoms with Crippen molar-refractivity contribution in [1.82, 2.24) is 9.55 Å². The molecule has 4 nitrogen and oxygen atoms in total. The summed E-state index contributed by atoms with van der Waals surface area (Å²) in [7, 11) is 3.76. The summed E-state index contributed by atoms with van der Waals surface area (Å²) in [6.45, 7) is 4.26. The first-order valence-corrected chi connectivity index (χ1v) is 6.73. The Hall–Kier alpha value is -1.39. The van der Waals surface area contributed by atoms with Crippen molar-refractivity contribution in [2.45, 2.75) is 32.4 Å². The highest BCUT2D eigenvalue weighted by molar-refractivity contribution is 5.75. The number of methoxy groups -OCH3 is 1. The molecule has 2 aromatic rings. The van der Waals surface area contributed by atoms with E-state index in [4.69, 9.17) is 10.5 Å². The van der Waals surface area contributed by atoms with E-state index in [-0.39, 0.29) is 12.1 Å². The molecular weight excluding hydrogens is 238 g/mol. The van der Waals surface area contributed by atoms with Crippen LogP contribution in [0.4, 0.5) is 0 Å². The van der Waals surface area contributed by atoms with Gasteiger partial charge in [-0.15, -0.1) is 0 Å². The second-order valence-electron chi connectivity index (χ2n) is 5.39. The lowest BCUT2D eigenvalue weighted by atomic mass is 9.97. The third kappa shape index (κ3) is 2.80. The van der Waals surface area contributed by atoms with Gasteiger partial charge in [0, 0.05) is 26.6 Å². The maximum Gasteiger partial charge on any atom is 0.111 e. The van der Waals surface area contributed by atoms with Crippen molar-refractivity contribution in [3.63, 3.8) is 0 Å². The molecule has 0 fully saturated rings. The maximum atomic E-state index is 6.27. The second kappa shape index (κ2) is 5.72. The molecule has 4 heteroatoms. The van der Waals surface area contributed by atoms with Gasteiger partial charge >= 0.3 is 0 Å². The Morgan fingerprint density at radius 3 is 2.58 bits per heavy atom. The molecule has 2 atom stereocenters. The first kappa shape index (κ1) is 14.0. The van der Waals surface area contributed by atoms with Crippen molar-refractivity contribution in [2.24, 2.45) is 18.7 Å². The fraction of sp³-hybridized carbons (Fsp3) is 0.533. The van der Waals surface area contributed by atoms with Gasteiger partial charge in [-0.25, -0.2) is 4.98 Å². The molecule has 2 N–H and O–H groups in total. The molecule has 1 aromatic heterocycles. The zero-order valence-electron chi connectivity index (χ0n) is 12.1. The molecule has 0 aliphatic heterocycles. The summed E-state index contributed by atoms with van der Waals surface area (Å²) in [5, 5.41) is 0. The lowest BCUT2D eigenvalue weighted by molar-refractivity contribution is 0.0435. The van der Waals surface area contributed by atoms with Gasteiger partial charge in [-0.05, 0) is 18.1 Å². The van der Waals surface area contributed by atoms with Gasteiger partial charge in [-0.3, -0.25) is 0 Å². The Labute approximate surface area is 114 Å². The smallest absolute Gasteiger partial charge is 0.111 e. The van der Waals surface area contributed by atoms with Gasteiger partial charge in [0.2, 0.25) is 0 Å². The molecule has 0 saturated carbocycles. The number of benzene rings is 1. The molecule has 0 bridgehead atoms. The Bertz CT molecular complexity index is 547. The number of aryl methyl sites for hydroxylation is 1. The number of hydrogen-bond acceptors (Lipinski definition) is 3. The molecule has 19 heavy (non-hydrogen) atoms. The Kier molecular flexibility index (Phi) is 4.22. The van der Waals surface area contributed by atoms with E-state index in [1.165, 1.54) is 0 Å². The zero-order valence-corrected chi connectivity index (χ0v) is 12.1. The quantitative estimate of drug-likeness (QED) is 0.897. The van der Waals surface area contributed by atoms with E-state index in [0.717, 1.165) is 23.3 Å². The van der Waals surface area contributed by atoms with Gasteiger partial charge in [0.1, 0.15) is 5.82 Å². The summed E-state index contributed by atoms with van der Waals surface area (Å²) < 4.78 is 7.61. The minimum Gasteiger partial charge on any atom is -0.380 e.